The molecule has 1 N–H and O–H groups in total. The minimum absolute atomic E-state index is 0. The monoisotopic (exact) mass is 991 g/mol. The number of Topliss-reactive ketones (excluding diaryl/α,β-unsaturated/α-hetero) is 1. The van der Waals surface area contributed by atoms with Gasteiger partial charge >= 0.3 is 11.9 Å². The molecule has 1 aromatic rings. The van der Waals surface area contributed by atoms with Gasteiger partial charge in [-0.1, -0.05) is 57.9 Å². The summed E-state index contributed by atoms with van der Waals surface area (Å²) < 4.78 is 11.8. The number of ketones is 2. The summed E-state index contributed by atoms with van der Waals surface area (Å²) in [6, 6.07) is 5.97. The zero-order chi connectivity index (χ0) is 38.8. The molecule has 0 aliphatic heterocycles. The maximum Gasteiger partial charge on any atom is 0.306 e. The van der Waals surface area contributed by atoms with E-state index in [-0.39, 0.29) is 90.0 Å². The quantitative estimate of drug-likeness (QED) is 0.283. The Morgan fingerprint density at radius 3 is 2.36 bits per heavy atom. The van der Waals surface area contributed by atoms with Crippen LogP contribution in [0.5, 0.6) is 5.75 Å². The average Bonchev–Trinajstić information content (AvgIpc) is 3.61. The van der Waals surface area contributed by atoms with Gasteiger partial charge in [-0.05, 0) is 160 Å². The normalized spacial score (nSPS) is 39.4. The fourth-order valence-electron chi connectivity index (χ4n) is 13.4. The number of hydrogen-bond acceptors (Lipinski definition) is 7. The first kappa shape index (κ1) is 42.8. The van der Waals surface area contributed by atoms with Gasteiger partial charge in [0.25, 0.3) is 0 Å². The number of ether oxygens (including phenoxy) is 2. The van der Waals surface area contributed by atoms with E-state index >= 15 is 0 Å². The molecule has 4 fully saturated rings. The Hall–Kier alpha value is -1.84. The van der Waals surface area contributed by atoms with Crippen LogP contribution in [-0.4, -0.2) is 40.3 Å². The number of carbonyl (C=O) groups is 4. The number of hydrogen-bond donors (Lipinski definition) is 1. The van der Waals surface area contributed by atoms with Crippen molar-refractivity contribution in [2.75, 3.05) is 0 Å². The number of aromatic hydroxyl groups is 1. The van der Waals surface area contributed by atoms with Gasteiger partial charge in [0.15, 0.2) is 17.2 Å². The van der Waals surface area contributed by atoms with E-state index in [1.165, 1.54) is 37.3 Å². The zero-order valence-corrected chi connectivity index (χ0v) is 39.5. The average molecular weight is 992 g/mol. The van der Waals surface area contributed by atoms with Crippen molar-refractivity contribution in [3.05, 3.63) is 52.1 Å². The Labute approximate surface area is 358 Å². The first-order chi connectivity index (χ1) is 25.6. The molecule has 7 nitrogen and oxygen atoms in total. The van der Waals surface area contributed by atoms with Crippen molar-refractivity contribution in [1.82, 2.24) is 0 Å². The predicted octanol–water partition coefficient (Wildman–Crippen LogP) is 10.1. The molecule has 1 aromatic carbocycles. The van der Waals surface area contributed by atoms with Crippen LogP contribution in [0.15, 0.2) is 41.0 Å². The van der Waals surface area contributed by atoms with Crippen molar-refractivity contribution >= 4 is 35.1 Å². The summed E-state index contributed by atoms with van der Waals surface area (Å²) in [6.07, 6.45) is 18.0. The predicted molar refractivity (Wildman–Crippen MR) is 209 cm³/mol. The number of allylic oxidation sites excluding steroid dienone is 4. The summed E-state index contributed by atoms with van der Waals surface area (Å²) >= 11 is 6.71. The Morgan fingerprint density at radius 2 is 1.65 bits per heavy atom. The van der Waals surface area contributed by atoms with E-state index in [0.29, 0.717) is 53.7 Å². The van der Waals surface area contributed by atoms with Gasteiger partial charge in [-0.3, -0.25) is 19.2 Å². The van der Waals surface area contributed by atoms with Crippen LogP contribution in [0.25, 0.3) is 0 Å². The molecule has 0 unspecified atom stereocenters. The third-order valence-electron chi connectivity index (χ3n) is 16.2. The van der Waals surface area contributed by atoms with Crippen LogP contribution in [0.4, 0.5) is 0 Å². The molecular weight excluding hydrogens is 931 g/mol. The maximum atomic E-state index is 12.7. The van der Waals surface area contributed by atoms with E-state index in [4.69, 9.17) is 21.1 Å². The number of benzene rings is 1. The van der Waals surface area contributed by atoms with Gasteiger partial charge in [-0.25, -0.2) is 0 Å². The van der Waals surface area contributed by atoms with E-state index in [1.54, 1.807) is 13.0 Å². The van der Waals surface area contributed by atoms with Gasteiger partial charge < -0.3 is 14.6 Å². The third-order valence-corrected chi connectivity index (χ3v) is 16.5. The number of phenolic OH excluding ortho intramolecular Hbond substituents is 1. The second-order valence-electron chi connectivity index (χ2n) is 18.7. The van der Waals surface area contributed by atoms with Crippen LogP contribution >= 0.6 is 11.6 Å². The largest absolute Gasteiger partial charge is 0.508 e. The van der Waals surface area contributed by atoms with Gasteiger partial charge in [0.05, 0.1) is 0 Å². The zero-order valence-electron chi connectivity index (χ0n) is 33.9. The van der Waals surface area contributed by atoms with Gasteiger partial charge in [0.2, 0.25) is 0 Å². The molecule has 0 bridgehead atoms. The summed E-state index contributed by atoms with van der Waals surface area (Å²) in [7, 11) is 0. The summed E-state index contributed by atoms with van der Waals surface area (Å²) in [6.45, 7) is 11.8. The number of fused-ring (bicyclic) bond motifs is 10. The minimum atomic E-state index is -1.03. The van der Waals surface area contributed by atoms with E-state index < -0.39 is 5.60 Å². The summed E-state index contributed by atoms with van der Waals surface area (Å²) in [4.78, 5) is 48.9. The first-order valence-corrected chi connectivity index (χ1v) is 21.3. The molecule has 0 spiro atoms. The summed E-state index contributed by atoms with van der Waals surface area (Å²) in [5.41, 5.74) is 2.42. The molecule has 8 rings (SSSR count). The molecule has 0 aromatic heterocycles. The smallest absolute Gasteiger partial charge is 0.306 e. The van der Waals surface area contributed by atoms with E-state index in [0.717, 1.165) is 63.4 Å². The molecule has 297 valence electrons. The van der Waals surface area contributed by atoms with E-state index in [1.807, 2.05) is 12.1 Å². The van der Waals surface area contributed by atoms with Crippen molar-refractivity contribution in [1.29, 1.82) is 0 Å². The third kappa shape index (κ3) is 7.18. The van der Waals surface area contributed by atoms with Crippen LogP contribution in [0.1, 0.15) is 148 Å². The SMILES string of the molecule is CC(=O)O[C@]1(C(C)=O)CC[C@H]2[C@@H]3C=C(Cl)C4=CC(=O)CC[C@]4(C)[C@H]3CC[C@@]21C.CCCCC(=O)O[C@H]1CC[C@H]2[C@@H]3CCc4cc(O)ccc4[C@H]3CC[C@]12C.[Pa]. The first-order valence-electron chi connectivity index (χ1n) is 20.9. The van der Waals surface area contributed by atoms with Crippen LogP contribution in [0.3, 0.4) is 0 Å². The number of phenols is 1. The Bertz CT molecular complexity index is 1770. The van der Waals surface area contributed by atoms with Crippen LogP contribution in [0.2, 0.25) is 0 Å². The van der Waals surface area contributed by atoms with Crippen LogP contribution < -0.4 is 0 Å². The summed E-state index contributed by atoms with van der Waals surface area (Å²) in [5, 5.41) is 10.5. The molecule has 11 atom stereocenters. The van der Waals surface area contributed by atoms with Crippen molar-refractivity contribution in [2.24, 2.45) is 45.8 Å². The number of esters is 2. The number of halogens is 1. The number of unbranched alkanes of at least 4 members (excludes halogenated alkanes) is 1. The fraction of sp³-hybridized carbons (Fsp3) is 0.696. The van der Waals surface area contributed by atoms with Crippen molar-refractivity contribution < 1.29 is 66.1 Å². The Kier molecular flexibility index (Phi) is 12.5. The second kappa shape index (κ2) is 16.1. The number of carbonyl (C=O) groups excluding carboxylic acids is 4. The Balaban J connectivity index is 0.000000184. The molecule has 0 amide bonds. The number of aryl methyl sites for hydroxylation is 1. The van der Waals surface area contributed by atoms with Gasteiger partial charge in [-0.15, -0.1) is 0 Å². The van der Waals surface area contributed by atoms with Crippen molar-refractivity contribution in [3.8, 4) is 5.75 Å². The number of rotatable bonds is 6. The van der Waals surface area contributed by atoms with Crippen LogP contribution in [-0.2, 0) is 35.1 Å². The second-order valence-corrected chi connectivity index (χ2v) is 19.1. The molecule has 9 heteroatoms. The fourth-order valence-corrected chi connectivity index (χ4v) is 13.8. The molecule has 4 saturated carbocycles. The molecule has 7 aliphatic carbocycles. The van der Waals surface area contributed by atoms with Crippen LogP contribution in [0, 0.1) is 78.1 Å². The Morgan fingerprint density at radius 1 is 0.909 bits per heavy atom. The molecule has 0 heterocycles. The van der Waals surface area contributed by atoms with E-state index in [9.17, 15) is 24.3 Å². The standard InChI is InChI=1S/C23H29ClO4.C23H32O3.Pa/c1-13(25)23(28-14(2)26)10-7-18-16-12-20(24)19-11-15(27)5-8-21(19,3)17(16)6-9-22(18,23)4;1-3-4-5-22(25)26-21-11-10-20-19-8-6-15-14-16(24)7-9-17(15)18(19)12-13-23(20,21)2;/h11-12,16-18H,5-10H2,1-4H3;7,9,14,18-21,24H,3-6,8,10-13H2,1-2H3;/t16-,17+,18+,21-,22+,23+;18-,19-,20+,21+,23+;/m11./s1. The maximum absolute atomic E-state index is 12.7. The molecular formula is C46H61ClO7Pa. The van der Waals surface area contributed by atoms with Gasteiger partial charge in [0.1, 0.15) is 11.9 Å². The summed E-state index contributed by atoms with van der Waals surface area (Å²) in [5.74, 6) is 2.96. The van der Waals surface area contributed by atoms with Crippen molar-refractivity contribution in [2.45, 2.75) is 155 Å². The van der Waals surface area contributed by atoms with Gasteiger partial charge in [0, 0.05) is 67.9 Å². The molecule has 1 radical (unpaired) electrons. The topological polar surface area (TPSA) is 107 Å². The van der Waals surface area contributed by atoms with E-state index in [2.05, 4.69) is 39.8 Å². The van der Waals surface area contributed by atoms with Gasteiger partial charge in [-0.2, -0.15) is 0 Å². The molecule has 0 saturated heterocycles. The van der Waals surface area contributed by atoms with Crippen molar-refractivity contribution in [3.63, 3.8) is 0 Å². The molecule has 7 aliphatic rings. The molecule has 55 heavy (non-hydrogen) atoms. The minimum Gasteiger partial charge on any atom is -0.508 e.